The van der Waals surface area contributed by atoms with E-state index in [1.165, 1.54) is 19.4 Å². The number of carbonyl (C=O) groups excluding carboxylic acids is 1. The Bertz CT molecular complexity index is 482. The van der Waals surface area contributed by atoms with Crippen molar-refractivity contribution in [1.82, 2.24) is 10.2 Å². The molecule has 1 N–H and O–H groups in total. The van der Waals surface area contributed by atoms with E-state index >= 15 is 0 Å². The van der Waals surface area contributed by atoms with Crippen LogP contribution in [0.15, 0.2) is 22.7 Å². The van der Waals surface area contributed by atoms with Crippen molar-refractivity contribution in [2.24, 2.45) is 0 Å². The van der Waals surface area contributed by atoms with E-state index in [2.05, 4.69) is 33.1 Å². The van der Waals surface area contributed by atoms with Crippen molar-refractivity contribution >= 4 is 21.8 Å². The summed E-state index contributed by atoms with van der Waals surface area (Å²) in [7, 11) is 0. The molecule has 4 heteroatoms. The minimum Gasteiger partial charge on any atom is -0.349 e. The summed E-state index contributed by atoms with van der Waals surface area (Å²) in [6, 6.07) is 6.08. The van der Waals surface area contributed by atoms with Gasteiger partial charge in [-0.15, -0.1) is 0 Å². The highest BCUT2D eigenvalue weighted by Crippen LogP contribution is 2.18. The number of hydrogen-bond donors (Lipinski definition) is 1. The summed E-state index contributed by atoms with van der Waals surface area (Å²) in [5.41, 5.74) is 1.85. The van der Waals surface area contributed by atoms with E-state index in [9.17, 15) is 4.79 Å². The largest absolute Gasteiger partial charge is 0.349 e. The molecular formula is C17H25BrN2O. The lowest BCUT2D eigenvalue weighted by Gasteiger charge is -2.32. The monoisotopic (exact) mass is 352 g/mol. The van der Waals surface area contributed by atoms with Gasteiger partial charge in [-0.25, -0.2) is 0 Å². The highest BCUT2D eigenvalue weighted by Gasteiger charge is 2.20. The Labute approximate surface area is 136 Å². The van der Waals surface area contributed by atoms with Gasteiger partial charge in [-0.2, -0.15) is 0 Å². The first-order valence-electron chi connectivity index (χ1n) is 7.89. The number of likely N-dealkylation sites (tertiary alicyclic amines) is 1. The molecule has 1 aromatic rings. The van der Waals surface area contributed by atoms with E-state index in [0.29, 0.717) is 6.04 Å². The number of piperidine rings is 1. The number of benzene rings is 1. The molecule has 1 fully saturated rings. The molecule has 1 aromatic carbocycles. The molecule has 2 rings (SSSR count). The molecule has 0 radical (unpaired) electrons. The molecule has 0 bridgehead atoms. The van der Waals surface area contributed by atoms with Gasteiger partial charge >= 0.3 is 0 Å². The molecule has 1 saturated heterocycles. The molecule has 0 aromatic heterocycles. The van der Waals surface area contributed by atoms with Crippen LogP contribution in [0.1, 0.15) is 48.5 Å². The third-order valence-electron chi connectivity index (χ3n) is 4.17. The maximum atomic E-state index is 12.3. The average Bonchev–Trinajstić information content (AvgIpc) is 2.49. The molecule has 3 nitrogen and oxygen atoms in total. The van der Waals surface area contributed by atoms with Crippen LogP contribution in [0.4, 0.5) is 0 Å². The van der Waals surface area contributed by atoms with Gasteiger partial charge in [0.25, 0.3) is 5.91 Å². The Kier molecular flexibility index (Phi) is 6.24. The predicted molar refractivity (Wildman–Crippen MR) is 90.7 cm³/mol. The molecule has 1 amide bonds. The molecule has 0 atom stereocenters. The normalized spacial score (nSPS) is 16.9. The third-order valence-corrected chi connectivity index (χ3v) is 5.06. The van der Waals surface area contributed by atoms with Crippen molar-refractivity contribution < 1.29 is 4.79 Å². The van der Waals surface area contributed by atoms with Crippen molar-refractivity contribution in [3.63, 3.8) is 0 Å². The molecule has 1 aliphatic rings. The van der Waals surface area contributed by atoms with E-state index in [0.717, 1.165) is 41.5 Å². The standard InChI is InChI=1S/C17H25BrN2O/c1-3-4-9-20-10-7-15(8-11-20)19-17(21)14-5-6-16(18)13(2)12-14/h5-6,12,15H,3-4,7-11H2,1-2H3,(H,19,21). The second-order valence-electron chi connectivity index (χ2n) is 5.91. The van der Waals surface area contributed by atoms with Gasteiger partial charge in [-0.3, -0.25) is 4.79 Å². The minimum absolute atomic E-state index is 0.0533. The number of nitrogens with zero attached hydrogens (tertiary/aromatic N) is 1. The number of amides is 1. The molecule has 0 saturated carbocycles. The lowest BCUT2D eigenvalue weighted by Crippen LogP contribution is -2.44. The molecule has 0 aliphatic carbocycles. The van der Waals surface area contributed by atoms with Crippen LogP contribution < -0.4 is 5.32 Å². The first-order chi connectivity index (χ1) is 10.1. The van der Waals surface area contributed by atoms with Gasteiger partial charge < -0.3 is 10.2 Å². The number of carbonyl (C=O) groups is 1. The summed E-state index contributed by atoms with van der Waals surface area (Å²) >= 11 is 3.47. The first-order valence-corrected chi connectivity index (χ1v) is 8.69. The summed E-state index contributed by atoms with van der Waals surface area (Å²) < 4.78 is 1.04. The van der Waals surface area contributed by atoms with Crippen molar-refractivity contribution in [2.45, 2.75) is 45.6 Å². The SMILES string of the molecule is CCCCN1CCC(NC(=O)c2ccc(Br)c(C)c2)CC1. The maximum Gasteiger partial charge on any atom is 0.251 e. The van der Waals surface area contributed by atoms with Crippen molar-refractivity contribution in [1.29, 1.82) is 0 Å². The Balaban J connectivity index is 1.82. The number of rotatable bonds is 5. The van der Waals surface area contributed by atoms with Gasteiger partial charge in [0.05, 0.1) is 0 Å². The Hall–Kier alpha value is -0.870. The van der Waals surface area contributed by atoms with Crippen LogP contribution in [0, 0.1) is 6.92 Å². The number of nitrogens with one attached hydrogen (secondary N) is 1. The van der Waals surface area contributed by atoms with E-state index in [-0.39, 0.29) is 5.91 Å². The van der Waals surface area contributed by atoms with Gasteiger partial charge in [0, 0.05) is 29.2 Å². The second-order valence-corrected chi connectivity index (χ2v) is 6.76. The Morgan fingerprint density at radius 3 is 2.71 bits per heavy atom. The first kappa shape index (κ1) is 16.5. The fourth-order valence-corrected chi connectivity index (χ4v) is 2.98. The number of halogens is 1. The molecule has 116 valence electrons. The van der Waals surface area contributed by atoms with Gasteiger partial charge in [0.15, 0.2) is 0 Å². The van der Waals surface area contributed by atoms with Crippen LogP contribution in [0.25, 0.3) is 0 Å². The van der Waals surface area contributed by atoms with Crippen LogP contribution in [-0.4, -0.2) is 36.5 Å². The van der Waals surface area contributed by atoms with Crippen LogP contribution in [0.5, 0.6) is 0 Å². The molecule has 0 spiro atoms. The number of aryl methyl sites for hydroxylation is 1. The van der Waals surface area contributed by atoms with Crippen molar-refractivity contribution in [2.75, 3.05) is 19.6 Å². The van der Waals surface area contributed by atoms with Gasteiger partial charge in [-0.05, 0) is 56.5 Å². The van der Waals surface area contributed by atoms with Crippen LogP contribution in [0.2, 0.25) is 0 Å². The van der Waals surface area contributed by atoms with Crippen LogP contribution in [0.3, 0.4) is 0 Å². The summed E-state index contributed by atoms with van der Waals surface area (Å²) in [5, 5.41) is 3.18. The molecule has 21 heavy (non-hydrogen) atoms. The second kappa shape index (κ2) is 7.95. The Morgan fingerprint density at radius 1 is 1.38 bits per heavy atom. The summed E-state index contributed by atoms with van der Waals surface area (Å²) in [6.07, 6.45) is 4.64. The molecule has 0 unspecified atom stereocenters. The van der Waals surface area contributed by atoms with E-state index < -0.39 is 0 Å². The smallest absolute Gasteiger partial charge is 0.251 e. The van der Waals surface area contributed by atoms with Crippen LogP contribution >= 0.6 is 15.9 Å². The van der Waals surface area contributed by atoms with Gasteiger partial charge in [0.1, 0.15) is 0 Å². The average molecular weight is 353 g/mol. The maximum absolute atomic E-state index is 12.3. The van der Waals surface area contributed by atoms with E-state index in [1.54, 1.807) is 0 Å². The zero-order valence-electron chi connectivity index (χ0n) is 13.0. The van der Waals surface area contributed by atoms with E-state index in [1.807, 2.05) is 25.1 Å². The summed E-state index contributed by atoms with van der Waals surface area (Å²) in [6.45, 7) is 7.64. The highest BCUT2D eigenvalue weighted by molar-refractivity contribution is 9.10. The fourth-order valence-electron chi connectivity index (χ4n) is 2.74. The summed E-state index contributed by atoms with van der Waals surface area (Å²) in [5.74, 6) is 0.0533. The zero-order chi connectivity index (χ0) is 15.2. The third kappa shape index (κ3) is 4.82. The van der Waals surface area contributed by atoms with Crippen molar-refractivity contribution in [3.05, 3.63) is 33.8 Å². The molecule has 1 heterocycles. The van der Waals surface area contributed by atoms with E-state index in [4.69, 9.17) is 0 Å². The molecular weight excluding hydrogens is 328 g/mol. The van der Waals surface area contributed by atoms with Crippen LogP contribution in [-0.2, 0) is 0 Å². The van der Waals surface area contributed by atoms with Gasteiger partial charge in [-0.1, -0.05) is 29.3 Å². The lowest BCUT2D eigenvalue weighted by atomic mass is 10.0. The zero-order valence-corrected chi connectivity index (χ0v) is 14.6. The molecule has 1 aliphatic heterocycles. The van der Waals surface area contributed by atoms with Gasteiger partial charge in [0.2, 0.25) is 0 Å². The lowest BCUT2D eigenvalue weighted by molar-refractivity contribution is 0.0910. The highest BCUT2D eigenvalue weighted by atomic mass is 79.9. The minimum atomic E-state index is 0.0533. The number of unbranched alkanes of at least 4 members (excludes halogenated alkanes) is 1. The Morgan fingerprint density at radius 2 is 2.10 bits per heavy atom. The number of hydrogen-bond acceptors (Lipinski definition) is 2. The quantitative estimate of drug-likeness (QED) is 0.874. The topological polar surface area (TPSA) is 32.3 Å². The predicted octanol–water partition coefficient (Wildman–Crippen LogP) is 3.75. The fraction of sp³-hybridized carbons (Fsp3) is 0.588. The summed E-state index contributed by atoms with van der Waals surface area (Å²) in [4.78, 5) is 14.8. The van der Waals surface area contributed by atoms with Crippen molar-refractivity contribution in [3.8, 4) is 0 Å².